The van der Waals surface area contributed by atoms with Crippen LogP contribution in [0.25, 0.3) is 0 Å². The zero-order valence-corrected chi connectivity index (χ0v) is 29.0. The van der Waals surface area contributed by atoms with Gasteiger partial charge in [-0.3, -0.25) is 24.8 Å². The molecule has 6 rings (SSSR count). The number of likely N-dealkylation sites (tertiary alicyclic amines) is 1. The maximum Gasteiger partial charge on any atom is 0.323 e. The third-order valence-electron chi connectivity index (χ3n) is 11.6. The number of hydrogen-bond donors (Lipinski definition) is 3. The van der Waals surface area contributed by atoms with Crippen LogP contribution in [-0.2, 0) is 34.2 Å². The summed E-state index contributed by atoms with van der Waals surface area (Å²) < 4.78 is 17.7. The summed E-state index contributed by atoms with van der Waals surface area (Å²) in [6.45, 7) is 10.2. The minimum atomic E-state index is -1.55. The van der Waals surface area contributed by atoms with Crippen molar-refractivity contribution in [3.63, 3.8) is 0 Å². The Labute approximate surface area is 282 Å². The first-order valence-corrected chi connectivity index (χ1v) is 17.4. The zero-order valence-electron chi connectivity index (χ0n) is 28.3. The zero-order chi connectivity index (χ0) is 33.8. The van der Waals surface area contributed by atoms with Gasteiger partial charge in [-0.1, -0.05) is 43.7 Å². The molecule has 11 atom stereocenters. The Balaban J connectivity index is 1.27. The van der Waals surface area contributed by atoms with E-state index in [4.69, 9.17) is 30.6 Å². The van der Waals surface area contributed by atoms with Crippen LogP contribution in [0.1, 0.15) is 65.4 Å². The van der Waals surface area contributed by atoms with Crippen LogP contribution in [0, 0.1) is 23.7 Å². The molecular weight excluding hydrogens is 626 g/mol. The highest BCUT2D eigenvalue weighted by molar-refractivity contribution is 6.33. The number of carbonyl (C=O) groups excluding carboxylic acids is 2. The van der Waals surface area contributed by atoms with E-state index in [9.17, 15) is 19.8 Å². The van der Waals surface area contributed by atoms with E-state index in [0.29, 0.717) is 16.3 Å². The number of halogens is 1. The Kier molecular flexibility index (Phi) is 9.74. The van der Waals surface area contributed by atoms with E-state index in [-0.39, 0.29) is 36.2 Å². The molecule has 12 heteroatoms. The molecule has 1 aromatic rings. The number of nitrogens with one attached hydrogen (secondary N) is 1. The Morgan fingerprint density at radius 1 is 1.21 bits per heavy atom. The highest BCUT2D eigenvalue weighted by atomic mass is 35.5. The van der Waals surface area contributed by atoms with E-state index in [2.05, 4.69) is 23.2 Å². The fourth-order valence-corrected chi connectivity index (χ4v) is 9.37. The van der Waals surface area contributed by atoms with Crippen LogP contribution in [0.2, 0.25) is 5.02 Å². The number of aliphatic hydroxyl groups is 2. The molecule has 0 bridgehead atoms. The average Bonchev–Trinajstić information content (AvgIpc) is 3.37. The van der Waals surface area contributed by atoms with Crippen molar-refractivity contribution in [3.8, 4) is 0 Å². The van der Waals surface area contributed by atoms with E-state index in [1.165, 1.54) is 12.0 Å². The maximum absolute atomic E-state index is 14.1. The van der Waals surface area contributed by atoms with Crippen LogP contribution >= 0.6 is 11.6 Å². The lowest BCUT2D eigenvalue weighted by Gasteiger charge is -2.56. The van der Waals surface area contributed by atoms with Gasteiger partial charge in [-0.15, -0.1) is 0 Å². The quantitative estimate of drug-likeness (QED) is 0.290. The van der Waals surface area contributed by atoms with Crippen LogP contribution in [-0.4, -0.2) is 97.0 Å². The summed E-state index contributed by atoms with van der Waals surface area (Å²) in [6.07, 6.45) is 3.03. The number of hydroxylamine groups is 1. The lowest BCUT2D eigenvalue weighted by Crippen LogP contribution is -2.66. The Bertz CT molecular complexity index is 1390. The molecule has 3 fully saturated rings. The fourth-order valence-electron chi connectivity index (χ4n) is 9.07. The lowest BCUT2D eigenvalue weighted by molar-refractivity contribution is -0.225. The minimum absolute atomic E-state index is 0.0349. The van der Waals surface area contributed by atoms with E-state index in [1.807, 2.05) is 13.8 Å². The van der Waals surface area contributed by atoms with E-state index < -0.39 is 47.6 Å². The number of para-hydroxylation sites is 1. The molecule has 0 amide bonds. The predicted octanol–water partition coefficient (Wildman–Crippen LogP) is 3.54. The number of piperidine rings is 1. The van der Waals surface area contributed by atoms with Crippen LogP contribution < -0.4 is 10.4 Å². The van der Waals surface area contributed by atoms with Crippen molar-refractivity contribution in [2.24, 2.45) is 23.7 Å². The van der Waals surface area contributed by atoms with E-state index in [1.54, 1.807) is 32.4 Å². The second-order valence-corrected chi connectivity index (χ2v) is 15.0. The number of hydrogen-bond acceptors (Lipinski definition) is 11. The van der Waals surface area contributed by atoms with Crippen molar-refractivity contribution in [2.45, 2.75) is 102 Å². The SMILES string of the molecule is CO[C@H]1CCCN(CC(C)[C@@H]2CC[C@@H](C)[C@@]3(O)[C@@H]2C=C(C)[C@@H](OC(C)=O)[C@@H]3OC(=O)[C@@H]2C[C@@]3(O)c4cccc(Cl)c4N(C)O[C@H]3N2)C1. The summed E-state index contributed by atoms with van der Waals surface area (Å²) in [7, 11) is 3.46. The van der Waals surface area contributed by atoms with Gasteiger partial charge in [0.05, 0.1) is 16.8 Å². The lowest BCUT2D eigenvalue weighted by atomic mass is 9.55. The number of benzene rings is 1. The minimum Gasteiger partial charge on any atom is -0.454 e. The number of esters is 2. The van der Waals surface area contributed by atoms with E-state index in [0.717, 1.165) is 50.9 Å². The molecule has 2 aliphatic carbocycles. The number of fused-ring (bicyclic) bond motifs is 4. The molecule has 0 spiro atoms. The van der Waals surface area contributed by atoms with Crippen molar-refractivity contribution >= 4 is 29.2 Å². The second kappa shape index (κ2) is 13.2. The van der Waals surface area contributed by atoms with Crippen molar-refractivity contribution in [2.75, 3.05) is 38.9 Å². The molecule has 0 aromatic heterocycles. The molecule has 260 valence electrons. The smallest absolute Gasteiger partial charge is 0.323 e. The predicted molar refractivity (Wildman–Crippen MR) is 175 cm³/mol. The van der Waals surface area contributed by atoms with Crippen molar-refractivity contribution < 1.29 is 38.9 Å². The Morgan fingerprint density at radius 2 is 1.98 bits per heavy atom. The van der Waals surface area contributed by atoms with Gasteiger partial charge in [-0.05, 0) is 68.5 Å². The van der Waals surface area contributed by atoms with Gasteiger partial charge >= 0.3 is 11.9 Å². The number of rotatable bonds is 7. The molecule has 3 N–H and O–H groups in total. The first-order chi connectivity index (χ1) is 22.3. The molecule has 47 heavy (non-hydrogen) atoms. The number of carbonyl (C=O) groups is 2. The van der Waals surface area contributed by atoms with Gasteiger partial charge in [-0.25, -0.2) is 0 Å². The Hall–Kier alpha value is -2.25. The number of ether oxygens (including phenoxy) is 3. The van der Waals surface area contributed by atoms with Gasteiger partial charge in [0, 0.05) is 52.1 Å². The van der Waals surface area contributed by atoms with Gasteiger partial charge in [0.2, 0.25) is 0 Å². The fraction of sp³-hybridized carbons (Fsp3) is 0.714. The monoisotopic (exact) mass is 675 g/mol. The summed E-state index contributed by atoms with van der Waals surface area (Å²) in [4.78, 5) is 34.9. The third kappa shape index (κ3) is 6.11. The molecule has 1 unspecified atom stereocenters. The van der Waals surface area contributed by atoms with Gasteiger partial charge in [0.15, 0.2) is 18.4 Å². The molecule has 11 nitrogen and oxygen atoms in total. The van der Waals surface area contributed by atoms with Crippen molar-refractivity contribution in [3.05, 3.63) is 40.4 Å². The number of methoxy groups -OCH3 is 1. The third-order valence-corrected chi connectivity index (χ3v) is 11.9. The molecule has 3 aliphatic heterocycles. The van der Waals surface area contributed by atoms with Crippen LogP contribution in [0.4, 0.5) is 5.69 Å². The Morgan fingerprint density at radius 3 is 2.70 bits per heavy atom. The summed E-state index contributed by atoms with van der Waals surface area (Å²) in [6, 6.07) is 4.27. The normalized spacial score (nSPS) is 39.3. The van der Waals surface area contributed by atoms with Crippen LogP contribution in [0.3, 0.4) is 0 Å². The average molecular weight is 676 g/mol. The van der Waals surface area contributed by atoms with Crippen LogP contribution in [0.5, 0.6) is 0 Å². The summed E-state index contributed by atoms with van der Waals surface area (Å²) >= 11 is 6.46. The standard InChI is InChI=1S/C35H50ClN3O8/c1-19-15-26-24(20(2)17-39-14-8-9-23(18-39)44-6)13-12-21(3)35(26,43)31(30(19)45-22(4)40)46-32(41)28-16-34(42)25-10-7-11-27(36)29(25)38(5)47-33(34)37-28/h7,10-11,15,20-21,23-24,26,28,30-31,33,37,42-43H,8-9,12-14,16-18H2,1-6H3/t20?,21-,23+,24+,26-,28+,30-,31+,33-,34-,35-/m1/s1. The summed E-state index contributed by atoms with van der Waals surface area (Å²) in [5, 5.41) is 29.7. The number of anilines is 1. The number of nitrogens with zero attached hydrogens (tertiary/aromatic N) is 2. The summed E-state index contributed by atoms with van der Waals surface area (Å²) in [5.41, 5.74) is -1.22. The van der Waals surface area contributed by atoms with Crippen LogP contribution in [0.15, 0.2) is 29.8 Å². The highest BCUT2D eigenvalue weighted by Crippen LogP contribution is 2.53. The molecule has 0 radical (unpaired) electrons. The second-order valence-electron chi connectivity index (χ2n) is 14.6. The van der Waals surface area contributed by atoms with E-state index >= 15 is 0 Å². The van der Waals surface area contributed by atoms with Gasteiger partial charge < -0.3 is 29.3 Å². The topological polar surface area (TPSA) is 130 Å². The highest BCUT2D eigenvalue weighted by Gasteiger charge is 2.62. The van der Waals surface area contributed by atoms with Gasteiger partial charge in [0.1, 0.15) is 17.2 Å². The largest absolute Gasteiger partial charge is 0.454 e. The maximum atomic E-state index is 14.1. The van der Waals surface area contributed by atoms with Crippen molar-refractivity contribution in [1.82, 2.24) is 10.2 Å². The first kappa shape index (κ1) is 34.6. The molecule has 5 aliphatic rings. The first-order valence-electron chi connectivity index (χ1n) is 17.0. The molecule has 2 saturated heterocycles. The summed E-state index contributed by atoms with van der Waals surface area (Å²) in [5.74, 6) is -1.38. The molecule has 1 saturated carbocycles. The molecule has 1 aromatic carbocycles. The van der Waals surface area contributed by atoms with Gasteiger partial charge in [-0.2, -0.15) is 0 Å². The van der Waals surface area contributed by atoms with Crippen molar-refractivity contribution in [1.29, 1.82) is 0 Å². The molecule has 3 heterocycles. The van der Waals surface area contributed by atoms with Gasteiger partial charge in [0.25, 0.3) is 0 Å². The molecular formula is C35H50ClN3O8.